The standard InChI is InChI=1S/C29H33ClO5/c1-28(2,3)21-7-15-26(16-8-21)35-29(4,27(31)32-5)22-9-13-24(14-10-22)33-19-6-20-34-25-17-11-23(30)12-18-25/h7-18H,6,19-20H2,1-5H3. The van der Waals surface area contributed by atoms with Gasteiger partial charge in [0.15, 0.2) is 0 Å². The normalized spacial score (nSPS) is 13.0. The molecule has 0 aliphatic rings. The smallest absolute Gasteiger partial charge is 0.354 e. The Labute approximate surface area is 212 Å². The van der Waals surface area contributed by atoms with Crippen molar-refractivity contribution in [1.29, 1.82) is 0 Å². The van der Waals surface area contributed by atoms with Crippen molar-refractivity contribution in [3.63, 3.8) is 0 Å². The Hall–Kier alpha value is -3.18. The first kappa shape index (κ1) is 26.4. The van der Waals surface area contributed by atoms with Crippen molar-refractivity contribution < 1.29 is 23.7 Å². The fourth-order valence-corrected chi connectivity index (χ4v) is 3.64. The predicted molar refractivity (Wildman–Crippen MR) is 139 cm³/mol. The second-order valence-corrected chi connectivity index (χ2v) is 9.87. The Morgan fingerprint density at radius 1 is 0.714 bits per heavy atom. The van der Waals surface area contributed by atoms with Gasteiger partial charge in [0.1, 0.15) is 17.2 Å². The van der Waals surface area contributed by atoms with Gasteiger partial charge >= 0.3 is 5.97 Å². The predicted octanol–water partition coefficient (Wildman–Crippen LogP) is 6.95. The molecular weight excluding hydrogens is 464 g/mol. The molecule has 0 spiro atoms. The van der Waals surface area contributed by atoms with Crippen LogP contribution >= 0.6 is 11.6 Å². The topological polar surface area (TPSA) is 54.0 Å². The van der Waals surface area contributed by atoms with E-state index in [1.807, 2.05) is 60.7 Å². The van der Waals surface area contributed by atoms with Crippen molar-refractivity contribution in [1.82, 2.24) is 0 Å². The average molecular weight is 497 g/mol. The lowest BCUT2D eigenvalue weighted by Gasteiger charge is -2.29. The van der Waals surface area contributed by atoms with E-state index >= 15 is 0 Å². The molecule has 1 unspecified atom stereocenters. The van der Waals surface area contributed by atoms with Crippen molar-refractivity contribution in [3.05, 3.63) is 88.9 Å². The minimum absolute atomic E-state index is 0.0297. The highest BCUT2D eigenvalue weighted by Gasteiger charge is 2.39. The summed E-state index contributed by atoms with van der Waals surface area (Å²) in [5.74, 6) is 1.58. The molecule has 0 bridgehead atoms. The molecule has 0 amide bonds. The number of hydrogen-bond acceptors (Lipinski definition) is 5. The zero-order valence-corrected chi connectivity index (χ0v) is 21.7. The highest BCUT2D eigenvalue weighted by Crippen LogP contribution is 2.32. The van der Waals surface area contributed by atoms with E-state index < -0.39 is 11.6 Å². The van der Waals surface area contributed by atoms with Gasteiger partial charge in [-0.1, -0.05) is 56.6 Å². The van der Waals surface area contributed by atoms with E-state index in [4.69, 9.17) is 30.5 Å². The van der Waals surface area contributed by atoms with E-state index in [9.17, 15) is 4.79 Å². The third-order valence-electron chi connectivity index (χ3n) is 5.66. The summed E-state index contributed by atoms with van der Waals surface area (Å²) < 4.78 is 22.7. The molecule has 0 fully saturated rings. The summed E-state index contributed by atoms with van der Waals surface area (Å²) in [5.41, 5.74) is 0.581. The van der Waals surface area contributed by atoms with E-state index in [-0.39, 0.29) is 5.41 Å². The summed E-state index contributed by atoms with van der Waals surface area (Å²) in [6.45, 7) is 9.19. The van der Waals surface area contributed by atoms with E-state index in [0.29, 0.717) is 35.3 Å². The van der Waals surface area contributed by atoms with Crippen LogP contribution in [0.1, 0.15) is 45.2 Å². The minimum atomic E-state index is -1.30. The van der Waals surface area contributed by atoms with Crippen LogP contribution in [0.15, 0.2) is 72.8 Å². The van der Waals surface area contributed by atoms with Crippen LogP contribution in [0.25, 0.3) is 0 Å². The van der Waals surface area contributed by atoms with Gasteiger partial charge in [0, 0.05) is 17.0 Å². The Kier molecular flexibility index (Phi) is 8.68. The zero-order chi connectivity index (χ0) is 25.5. The number of methoxy groups -OCH3 is 1. The highest BCUT2D eigenvalue weighted by atomic mass is 35.5. The fraction of sp³-hybridized carbons (Fsp3) is 0.345. The summed E-state index contributed by atoms with van der Waals surface area (Å²) in [6, 6.07) is 22.3. The Morgan fingerprint density at radius 3 is 1.66 bits per heavy atom. The van der Waals surface area contributed by atoms with Crippen LogP contribution in [0.3, 0.4) is 0 Å². The van der Waals surface area contributed by atoms with Crippen LogP contribution in [-0.2, 0) is 20.5 Å². The summed E-state index contributed by atoms with van der Waals surface area (Å²) >= 11 is 5.88. The summed E-state index contributed by atoms with van der Waals surface area (Å²) in [4.78, 5) is 12.7. The zero-order valence-electron chi connectivity index (χ0n) is 21.0. The molecule has 0 aliphatic carbocycles. The first-order valence-electron chi connectivity index (χ1n) is 11.6. The monoisotopic (exact) mass is 496 g/mol. The molecule has 0 heterocycles. The number of halogens is 1. The van der Waals surface area contributed by atoms with Crippen LogP contribution in [0.4, 0.5) is 0 Å². The SMILES string of the molecule is COC(=O)C(C)(Oc1ccc(C(C)(C)C)cc1)c1ccc(OCCCOc2ccc(Cl)cc2)cc1. The number of carbonyl (C=O) groups is 1. The van der Waals surface area contributed by atoms with Gasteiger partial charge in [-0.3, -0.25) is 0 Å². The van der Waals surface area contributed by atoms with Gasteiger partial charge in [0.05, 0.1) is 20.3 Å². The molecule has 0 N–H and O–H groups in total. The van der Waals surface area contributed by atoms with Crippen LogP contribution in [-0.4, -0.2) is 26.3 Å². The Bertz CT molecular complexity index is 1090. The third-order valence-corrected chi connectivity index (χ3v) is 5.91. The molecule has 1 atom stereocenters. The van der Waals surface area contributed by atoms with E-state index in [1.54, 1.807) is 19.1 Å². The van der Waals surface area contributed by atoms with Gasteiger partial charge in [-0.2, -0.15) is 0 Å². The van der Waals surface area contributed by atoms with Crippen LogP contribution in [0, 0.1) is 0 Å². The number of benzene rings is 3. The van der Waals surface area contributed by atoms with E-state index in [1.165, 1.54) is 12.7 Å². The number of rotatable bonds is 10. The molecule has 0 saturated heterocycles. The van der Waals surface area contributed by atoms with Gasteiger partial charge in [-0.15, -0.1) is 0 Å². The summed E-state index contributed by atoms with van der Waals surface area (Å²) in [6.07, 6.45) is 0.720. The largest absolute Gasteiger partial charge is 0.493 e. The lowest BCUT2D eigenvalue weighted by atomic mass is 9.87. The maximum atomic E-state index is 12.7. The summed E-state index contributed by atoms with van der Waals surface area (Å²) in [7, 11) is 1.36. The minimum Gasteiger partial charge on any atom is -0.493 e. The van der Waals surface area contributed by atoms with Gasteiger partial charge < -0.3 is 18.9 Å². The molecule has 3 rings (SSSR count). The number of carbonyl (C=O) groups excluding carboxylic acids is 1. The number of hydrogen-bond donors (Lipinski definition) is 0. The molecular formula is C29H33ClO5. The van der Waals surface area contributed by atoms with E-state index in [2.05, 4.69) is 20.8 Å². The highest BCUT2D eigenvalue weighted by molar-refractivity contribution is 6.30. The van der Waals surface area contributed by atoms with Crippen molar-refractivity contribution in [3.8, 4) is 17.2 Å². The lowest BCUT2D eigenvalue weighted by molar-refractivity contribution is -0.158. The molecule has 35 heavy (non-hydrogen) atoms. The first-order chi connectivity index (χ1) is 16.6. The fourth-order valence-electron chi connectivity index (χ4n) is 3.51. The second-order valence-electron chi connectivity index (χ2n) is 9.43. The van der Waals surface area contributed by atoms with Gasteiger partial charge in [0.25, 0.3) is 0 Å². The third kappa shape index (κ3) is 7.15. The molecule has 3 aromatic carbocycles. The van der Waals surface area contributed by atoms with Gasteiger partial charge in [-0.05, 0) is 66.4 Å². The molecule has 3 aromatic rings. The van der Waals surface area contributed by atoms with Crippen molar-refractivity contribution >= 4 is 17.6 Å². The molecule has 5 nitrogen and oxygen atoms in total. The number of esters is 1. The maximum absolute atomic E-state index is 12.7. The first-order valence-corrected chi connectivity index (χ1v) is 12.0. The van der Waals surface area contributed by atoms with Gasteiger partial charge in [-0.25, -0.2) is 4.79 Å². The van der Waals surface area contributed by atoms with Gasteiger partial charge in [0.2, 0.25) is 5.60 Å². The molecule has 6 heteroatoms. The van der Waals surface area contributed by atoms with Crippen LogP contribution < -0.4 is 14.2 Å². The van der Waals surface area contributed by atoms with Crippen molar-refractivity contribution in [2.75, 3.05) is 20.3 Å². The van der Waals surface area contributed by atoms with Crippen molar-refractivity contribution in [2.24, 2.45) is 0 Å². The molecule has 186 valence electrons. The summed E-state index contributed by atoms with van der Waals surface area (Å²) in [5, 5.41) is 0.677. The van der Waals surface area contributed by atoms with Crippen molar-refractivity contribution in [2.45, 2.75) is 45.1 Å². The quantitative estimate of drug-likeness (QED) is 0.224. The van der Waals surface area contributed by atoms with Crippen LogP contribution in [0.5, 0.6) is 17.2 Å². The second kappa shape index (κ2) is 11.5. The molecule has 0 aliphatic heterocycles. The molecule has 0 radical (unpaired) electrons. The Morgan fingerprint density at radius 2 is 1.17 bits per heavy atom. The molecule has 0 saturated carbocycles. The maximum Gasteiger partial charge on any atom is 0.354 e. The average Bonchev–Trinajstić information content (AvgIpc) is 2.84. The lowest BCUT2D eigenvalue weighted by Crippen LogP contribution is -2.39. The van der Waals surface area contributed by atoms with Crippen LogP contribution in [0.2, 0.25) is 5.02 Å². The Balaban J connectivity index is 1.60. The number of ether oxygens (including phenoxy) is 4. The van der Waals surface area contributed by atoms with E-state index in [0.717, 1.165) is 12.2 Å². The molecule has 0 aromatic heterocycles.